The molecular formula is C34H32N3OS+. The molecule has 0 atom stereocenters. The van der Waals surface area contributed by atoms with E-state index in [0.29, 0.717) is 17.3 Å². The van der Waals surface area contributed by atoms with Crippen molar-refractivity contribution in [1.82, 2.24) is 9.55 Å². The molecule has 0 unspecified atom stereocenters. The molecular weight excluding hydrogens is 498 g/mol. The minimum absolute atomic E-state index is 0.303. The summed E-state index contributed by atoms with van der Waals surface area (Å²) in [7, 11) is 2.16. The average Bonchev–Trinajstić information content (AvgIpc) is 3.59. The predicted octanol–water partition coefficient (Wildman–Crippen LogP) is 9.19. The monoisotopic (exact) mass is 531 g/mol. The molecule has 0 aliphatic carbocycles. The number of hydrogen-bond acceptors (Lipinski definition) is 3. The Hall–Kier alpha value is -3.96. The highest BCUT2D eigenvalue weighted by atomic mass is 32.1. The van der Waals surface area contributed by atoms with Crippen molar-refractivity contribution >= 4 is 54.5 Å². The Kier molecular flexibility index (Phi) is 5.17. The highest BCUT2D eigenvalue weighted by Gasteiger charge is 2.33. The van der Waals surface area contributed by atoms with E-state index in [-0.39, 0.29) is 0 Å². The number of nitrogens with zero attached hydrogens (tertiary/aromatic N) is 3. The van der Waals surface area contributed by atoms with Crippen LogP contribution >= 0.6 is 11.3 Å². The predicted molar refractivity (Wildman–Crippen MR) is 163 cm³/mol. The summed E-state index contributed by atoms with van der Waals surface area (Å²) in [6.07, 6.45) is 0. The normalized spacial score (nSPS) is 12.7. The van der Waals surface area contributed by atoms with Gasteiger partial charge in [-0.25, -0.2) is 9.55 Å². The summed E-state index contributed by atoms with van der Waals surface area (Å²) in [6.45, 7) is 11.3. The van der Waals surface area contributed by atoms with E-state index in [1.807, 2.05) is 0 Å². The van der Waals surface area contributed by atoms with Gasteiger partial charge in [0.05, 0.1) is 18.6 Å². The van der Waals surface area contributed by atoms with Gasteiger partial charge in [-0.05, 0) is 48.6 Å². The molecule has 0 aliphatic rings. The standard InChI is InChI=1S/C34H32N3OS/c1-19(2)22-10-9-11-23(20(3)4)31(22)37-27-13-8-7-12-26(27)36(6)34(37)29-21(5)14-15-24-25-16-17-28-30(35-18-39-28)33(25)38-32(24)29/h7-20H,1-6H3/q+1/i18D. The van der Waals surface area contributed by atoms with Crippen LogP contribution in [0.1, 0.15) is 57.6 Å². The second-order valence-electron chi connectivity index (χ2n) is 11.1. The van der Waals surface area contributed by atoms with Gasteiger partial charge in [-0.2, -0.15) is 4.57 Å². The third kappa shape index (κ3) is 3.42. The number of hydrogen-bond donors (Lipinski definition) is 0. The molecule has 7 aromatic rings. The van der Waals surface area contributed by atoms with Crippen molar-refractivity contribution in [3.63, 3.8) is 0 Å². The van der Waals surface area contributed by atoms with Crippen LogP contribution in [-0.2, 0) is 7.05 Å². The maximum absolute atomic E-state index is 8.13. The molecule has 0 amide bonds. The van der Waals surface area contributed by atoms with E-state index in [4.69, 9.17) is 5.79 Å². The summed E-state index contributed by atoms with van der Waals surface area (Å²) in [5.41, 5.74) is 11.2. The lowest BCUT2D eigenvalue weighted by molar-refractivity contribution is -0.633. The van der Waals surface area contributed by atoms with Gasteiger partial charge in [0.15, 0.2) is 22.2 Å². The van der Waals surface area contributed by atoms with E-state index < -0.39 is 0 Å². The molecule has 4 nitrogen and oxygen atoms in total. The van der Waals surface area contributed by atoms with Gasteiger partial charge in [0.25, 0.3) is 5.82 Å². The topological polar surface area (TPSA) is 34.8 Å². The van der Waals surface area contributed by atoms with Gasteiger partial charge in [-0.1, -0.05) is 70.2 Å². The largest absolute Gasteiger partial charge is 0.453 e. The maximum Gasteiger partial charge on any atom is 0.299 e. The Morgan fingerprint density at radius 2 is 1.56 bits per heavy atom. The molecule has 0 fully saturated rings. The molecule has 5 heteroatoms. The van der Waals surface area contributed by atoms with Gasteiger partial charge in [0, 0.05) is 21.9 Å². The Balaban J connectivity index is 1.68. The SMILES string of the molecule is [2H]c1nc2c(ccc3c4ccc(C)c(-c5n(-c6c(C(C)C)cccc6C(C)C)c6ccccc6[n+]5C)c4oc32)s1. The minimum Gasteiger partial charge on any atom is -0.453 e. The van der Waals surface area contributed by atoms with Crippen LogP contribution in [0.2, 0.25) is 0 Å². The van der Waals surface area contributed by atoms with Crippen LogP contribution < -0.4 is 4.57 Å². The van der Waals surface area contributed by atoms with Crippen molar-refractivity contribution in [2.75, 3.05) is 0 Å². The first kappa shape index (κ1) is 23.0. The highest BCUT2D eigenvalue weighted by Crippen LogP contribution is 2.43. The minimum atomic E-state index is 0.303. The zero-order valence-corrected chi connectivity index (χ0v) is 24.0. The quantitative estimate of drug-likeness (QED) is 0.212. The van der Waals surface area contributed by atoms with Crippen molar-refractivity contribution in [3.05, 3.63) is 88.9 Å². The van der Waals surface area contributed by atoms with Crippen molar-refractivity contribution in [1.29, 1.82) is 0 Å². The third-order valence-electron chi connectivity index (χ3n) is 8.07. The average molecular weight is 532 g/mol. The Bertz CT molecular complexity index is 2090. The van der Waals surface area contributed by atoms with Crippen LogP contribution in [-0.4, -0.2) is 9.55 Å². The van der Waals surface area contributed by atoms with Crippen LogP contribution in [0.3, 0.4) is 0 Å². The van der Waals surface area contributed by atoms with Gasteiger partial charge in [-0.3, -0.25) is 0 Å². The smallest absolute Gasteiger partial charge is 0.299 e. The lowest BCUT2D eigenvalue weighted by atomic mass is 9.92. The molecule has 0 aliphatic heterocycles. The van der Waals surface area contributed by atoms with Crippen LogP contribution in [0.25, 0.3) is 60.3 Å². The van der Waals surface area contributed by atoms with Gasteiger partial charge in [0.2, 0.25) is 0 Å². The summed E-state index contributed by atoms with van der Waals surface area (Å²) >= 11 is 1.38. The lowest BCUT2D eigenvalue weighted by Crippen LogP contribution is -2.30. The number of furan rings is 1. The van der Waals surface area contributed by atoms with Gasteiger partial charge < -0.3 is 4.42 Å². The fourth-order valence-electron chi connectivity index (χ4n) is 6.14. The number of benzene rings is 4. The van der Waals surface area contributed by atoms with Crippen molar-refractivity contribution in [3.8, 4) is 17.1 Å². The molecule has 0 N–H and O–H groups in total. The van der Waals surface area contributed by atoms with E-state index in [9.17, 15) is 0 Å². The van der Waals surface area contributed by atoms with E-state index in [0.717, 1.165) is 49.1 Å². The van der Waals surface area contributed by atoms with Crippen molar-refractivity contribution in [2.45, 2.75) is 46.5 Å². The van der Waals surface area contributed by atoms with Gasteiger partial charge in [-0.15, -0.1) is 11.3 Å². The number of para-hydroxylation sites is 3. The number of aromatic nitrogens is 3. The molecule has 3 aromatic heterocycles. The highest BCUT2D eigenvalue weighted by molar-refractivity contribution is 7.16. The van der Waals surface area contributed by atoms with E-state index in [2.05, 4.69) is 123 Å². The first-order valence-corrected chi connectivity index (χ1v) is 14.4. The Morgan fingerprint density at radius 3 is 2.31 bits per heavy atom. The number of rotatable bonds is 4. The molecule has 0 spiro atoms. The molecule has 4 aromatic carbocycles. The Labute approximate surface area is 233 Å². The van der Waals surface area contributed by atoms with Gasteiger partial charge in [0.1, 0.15) is 16.8 Å². The third-order valence-corrected chi connectivity index (χ3v) is 8.80. The fourth-order valence-corrected chi connectivity index (χ4v) is 6.75. The summed E-state index contributed by atoms with van der Waals surface area (Å²) in [5.74, 6) is 1.80. The molecule has 0 radical (unpaired) electrons. The number of aryl methyl sites for hydroxylation is 2. The fraction of sp³-hybridized carbons (Fsp3) is 0.235. The Morgan fingerprint density at radius 1 is 0.872 bits per heavy atom. The van der Waals surface area contributed by atoms with E-state index in [1.54, 1.807) is 0 Å². The molecule has 0 saturated carbocycles. The molecule has 0 bridgehead atoms. The summed E-state index contributed by atoms with van der Waals surface area (Å²) in [5, 5.41) is 2.10. The second-order valence-corrected chi connectivity index (χ2v) is 12.0. The number of imidazole rings is 1. The molecule has 39 heavy (non-hydrogen) atoms. The van der Waals surface area contributed by atoms with Crippen LogP contribution in [0.4, 0.5) is 0 Å². The van der Waals surface area contributed by atoms with E-state index in [1.165, 1.54) is 39.2 Å². The first-order chi connectivity index (χ1) is 19.3. The zero-order chi connectivity index (χ0) is 27.9. The van der Waals surface area contributed by atoms with Crippen molar-refractivity contribution < 1.29 is 10.4 Å². The van der Waals surface area contributed by atoms with E-state index >= 15 is 0 Å². The van der Waals surface area contributed by atoms with Crippen LogP contribution in [0.15, 0.2) is 76.6 Å². The first-order valence-electron chi connectivity index (χ1n) is 14.1. The van der Waals surface area contributed by atoms with Crippen molar-refractivity contribution in [2.24, 2.45) is 7.05 Å². The zero-order valence-electron chi connectivity index (χ0n) is 24.2. The summed E-state index contributed by atoms with van der Waals surface area (Å²) < 4.78 is 20.7. The molecule has 7 rings (SSSR count). The maximum atomic E-state index is 8.13. The van der Waals surface area contributed by atoms with Crippen LogP contribution in [0, 0.1) is 6.92 Å². The lowest BCUT2D eigenvalue weighted by Gasteiger charge is -2.18. The number of fused-ring (bicyclic) bond motifs is 6. The van der Waals surface area contributed by atoms with Gasteiger partial charge >= 0.3 is 0 Å². The molecule has 194 valence electrons. The molecule has 0 saturated heterocycles. The number of thiazole rings is 1. The second kappa shape index (κ2) is 8.78. The molecule has 3 heterocycles. The van der Waals surface area contributed by atoms with Crippen LogP contribution in [0.5, 0.6) is 0 Å². The summed E-state index contributed by atoms with van der Waals surface area (Å²) in [6, 6.07) is 23.9. The summed E-state index contributed by atoms with van der Waals surface area (Å²) in [4.78, 5) is 4.52.